The number of halogens is 3. The molecule has 0 bridgehead atoms. The summed E-state index contributed by atoms with van der Waals surface area (Å²) in [7, 11) is 0. The van der Waals surface area contributed by atoms with Crippen molar-refractivity contribution in [1.29, 1.82) is 0 Å². The molecule has 0 aromatic rings. The van der Waals surface area contributed by atoms with Crippen LogP contribution in [0.15, 0.2) is 0 Å². The van der Waals surface area contributed by atoms with Gasteiger partial charge in [0.1, 0.15) is 6.54 Å². The van der Waals surface area contributed by atoms with E-state index in [2.05, 4.69) is 5.32 Å². The van der Waals surface area contributed by atoms with Crippen LogP contribution in [0.5, 0.6) is 0 Å². The van der Waals surface area contributed by atoms with Crippen LogP contribution < -0.4 is 10.6 Å². The minimum absolute atomic E-state index is 0.0640. The van der Waals surface area contributed by atoms with Gasteiger partial charge in [0.2, 0.25) is 5.91 Å². The van der Waals surface area contributed by atoms with Gasteiger partial charge in [-0.05, 0) is 19.3 Å². The number of alkyl halides is 3. The van der Waals surface area contributed by atoms with Crippen LogP contribution in [0.3, 0.4) is 0 Å². The Morgan fingerprint density at radius 3 is 2.76 bits per heavy atom. The lowest BCUT2D eigenvalue weighted by Gasteiger charge is -2.19. The van der Waals surface area contributed by atoms with Gasteiger partial charge in [-0.1, -0.05) is 0 Å². The summed E-state index contributed by atoms with van der Waals surface area (Å²) in [5, 5.41) is 4.71. The molecule has 0 saturated carbocycles. The van der Waals surface area contributed by atoms with E-state index < -0.39 is 18.6 Å². The Morgan fingerprint density at radius 1 is 1.53 bits per heavy atom. The molecule has 2 atom stereocenters. The Balaban J connectivity index is 2.14. The topological polar surface area (TPSA) is 50.4 Å². The van der Waals surface area contributed by atoms with E-state index >= 15 is 0 Å². The minimum atomic E-state index is -4.36. The second kappa shape index (κ2) is 6.20. The Bertz CT molecular complexity index is 252. The molecular weight excluding hydrogens is 237 g/mol. The molecule has 2 unspecified atom stereocenters. The molecule has 7 heteroatoms. The van der Waals surface area contributed by atoms with E-state index in [9.17, 15) is 18.0 Å². The first-order valence-corrected chi connectivity index (χ1v) is 5.53. The number of nitrogens with one attached hydrogen (secondary N) is 2. The van der Waals surface area contributed by atoms with Crippen LogP contribution >= 0.6 is 0 Å². The first-order valence-electron chi connectivity index (χ1n) is 5.53. The van der Waals surface area contributed by atoms with Crippen LogP contribution in [0.4, 0.5) is 13.2 Å². The fourth-order valence-corrected chi connectivity index (χ4v) is 1.63. The lowest BCUT2D eigenvalue weighted by Crippen LogP contribution is -2.43. The van der Waals surface area contributed by atoms with Crippen LogP contribution in [-0.4, -0.2) is 44.4 Å². The van der Waals surface area contributed by atoms with Gasteiger partial charge in [0.25, 0.3) is 0 Å². The highest BCUT2D eigenvalue weighted by molar-refractivity contribution is 5.78. The Hall–Kier alpha value is -0.820. The minimum Gasteiger partial charge on any atom is -0.381 e. The van der Waals surface area contributed by atoms with Gasteiger partial charge >= 0.3 is 6.18 Å². The summed E-state index contributed by atoms with van der Waals surface area (Å²) in [4.78, 5) is 11.1. The molecule has 4 nitrogen and oxygen atoms in total. The first-order chi connectivity index (χ1) is 7.88. The number of carbonyl (C=O) groups excluding carboxylic acids is 1. The largest absolute Gasteiger partial charge is 0.405 e. The van der Waals surface area contributed by atoms with E-state index in [1.54, 1.807) is 0 Å². The highest BCUT2D eigenvalue weighted by atomic mass is 19.4. The van der Waals surface area contributed by atoms with Crippen molar-refractivity contribution in [1.82, 2.24) is 10.6 Å². The summed E-state index contributed by atoms with van der Waals surface area (Å²) in [5.41, 5.74) is 0. The van der Waals surface area contributed by atoms with Crippen molar-refractivity contribution in [3.63, 3.8) is 0 Å². The van der Waals surface area contributed by atoms with Crippen LogP contribution in [0.2, 0.25) is 0 Å². The molecule has 0 aliphatic carbocycles. The van der Waals surface area contributed by atoms with Gasteiger partial charge < -0.3 is 15.4 Å². The first kappa shape index (κ1) is 14.2. The van der Waals surface area contributed by atoms with Crippen molar-refractivity contribution in [2.75, 3.05) is 26.3 Å². The quantitative estimate of drug-likeness (QED) is 0.758. The molecular formula is C10H17F3N2O2. The number of rotatable bonds is 5. The zero-order valence-electron chi connectivity index (χ0n) is 9.64. The fraction of sp³-hybridized carbons (Fsp3) is 0.900. The Kier molecular flexibility index (Phi) is 5.20. The lowest BCUT2D eigenvalue weighted by molar-refractivity contribution is -0.138. The van der Waals surface area contributed by atoms with Crippen molar-refractivity contribution < 1.29 is 22.7 Å². The predicted octanol–water partition coefficient (Wildman–Crippen LogP) is 0.679. The molecule has 0 radical (unpaired) electrons. The number of hydrogen-bond acceptors (Lipinski definition) is 3. The van der Waals surface area contributed by atoms with E-state index in [1.165, 1.54) is 0 Å². The molecule has 0 aromatic carbocycles. The van der Waals surface area contributed by atoms with E-state index in [0.717, 1.165) is 6.42 Å². The average molecular weight is 254 g/mol. The van der Waals surface area contributed by atoms with Crippen molar-refractivity contribution in [2.45, 2.75) is 25.6 Å². The van der Waals surface area contributed by atoms with Gasteiger partial charge in [-0.15, -0.1) is 0 Å². The van der Waals surface area contributed by atoms with Crippen molar-refractivity contribution in [3.8, 4) is 0 Å². The molecule has 1 heterocycles. The van der Waals surface area contributed by atoms with Crippen LogP contribution in [0.1, 0.15) is 13.3 Å². The van der Waals surface area contributed by atoms with Gasteiger partial charge in [-0.2, -0.15) is 13.2 Å². The highest BCUT2D eigenvalue weighted by Crippen LogP contribution is 2.16. The smallest absolute Gasteiger partial charge is 0.381 e. The molecule has 17 heavy (non-hydrogen) atoms. The molecule has 1 aliphatic rings. The molecule has 0 aromatic heterocycles. The summed E-state index contributed by atoms with van der Waals surface area (Å²) in [6.07, 6.45) is -3.45. The average Bonchev–Trinajstić information content (AvgIpc) is 2.75. The third kappa shape index (κ3) is 5.88. The molecule has 1 amide bonds. The lowest BCUT2D eigenvalue weighted by atomic mass is 10.0. The molecule has 1 fully saturated rings. The molecule has 100 valence electrons. The van der Waals surface area contributed by atoms with Crippen molar-refractivity contribution in [3.05, 3.63) is 0 Å². The third-order valence-corrected chi connectivity index (χ3v) is 2.74. The summed E-state index contributed by atoms with van der Waals surface area (Å²) in [6.45, 7) is 1.86. The number of carbonyl (C=O) groups is 1. The standard InChI is InChI=1S/C10H17F3N2O2/c1-7(8-2-3-17-5-8)14-4-9(16)15-6-10(11,12)13/h7-8,14H,2-6H2,1H3,(H,15,16). The maximum atomic E-state index is 11.8. The zero-order valence-corrected chi connectivity index (χ0v) is 9.64. The molecule has 0 spiro atoms. The van der Waals surface area contributed by atoms with Gasteiger partial charge in [-0.25, -0.2) is 0 Å². The SMILES string of the molecule is CC(NCC(=O)NCC(F)(F)F)C1CCOC1. The maximum absolute atomic E-state index is 11.8. The van der Waals surface area contributed by atoms with Gasteiger partial charge in [0.15, 0.2) is 0 Å². The van der Waals surface area contributed by atoms with E-state index in [0.29, 0.717) is 19.1 Å². The van der Waals surface area contributed by atoms with E-state index in [4.69, 9.17) is 4.74 Å². The normalized spacial score (nSPS) is 22.5. The zero-order chi connectivity index (χ0) is 12.9. The summed E-state index contributed by atoms with van der Waals surface area (Å²) >= 11 is 0. The molecule has 1 rings (SSSR count). The Morgan fingerprint density at radius 2 is 2.24 bits per heavy atom. The molecule has 1 saturated heterocycles. The summed E-state index contributed by atoms with van der Waals surface area (Å²) in [5.74, 6) is -0.321. The number of amides is 1. The molecule has 1 aliphatic heterocycles. The maximum Gasteiger partial charge on any atom is 0.405 e. The van der Waals surface area contributed by atoms with Gasteiger partial charge in [-0.3, -0.25) is 4.79 Å². The van der Waals surface area contributed by atoms with Crippen molar-refractivity contribution >= 4 is 5.91 Å². The number of hydrogen-bond donors (Lipinski definition) is 2. The van der Waals surface area contributed by atoms with Crippen LogP contribution in [0, 0.1) is 5.92 Å². The van der Waals surface area contributed by atoms with Crippen LogP contribution in [-0.2, 0) is 9.53 Å². The predicted molar refractivity (Wildman–Crippen MR) is 55.5 cm³/mol. The fourth-order valence-electron chi connectivity index (χ4n) is 1.63. The molecule has 2 N–H and O–H groups in total. The van der Waals surface area contributed by atoms with E-state index in [-0.39, 0.29) is 12.6 Å². The van der Waals surface area contributed by atoms with Gasteiger partial charge in [0.05, 0.1) is 13.2 Å². The third-order valence-electron chi connectivity index (χ3n) is 2.74. The summed E-state index contributed by atoms with van der Waals surface area (Å²) < 4.78 is 40.6. The highest BCUT2D eigenvalue weighted by Gasteiger charge is 2.28. The monoisotopic (exact) mass is 254 g/mol. The number of ether oxygens (including phenoxy) is 1. The second-order valence-corrected chi connectivity index (χ2v) is 4.19. The second-order valence-electron chi connectivity index (χ2n) is 4.19. The van der Waals surface area contributed by atoms with Crippen LogP contribution in [0.25, 0.3) is 0 Å². The van der Waals surface area contributed by atoms with Gasteiger partial charge in [0, 0.05) is 12.6 Å². The van der Waals surface area contributed by atoms with E-state index in [1.807, 2.05) is 12.2 Å². The summed E-state index contributed by atoms with van der Waals surface area (Å²) in [6, 6.07) is 0.0640. The Labute approximate surface area is 97.9 Å². The van der Waals surface area contributed by atoms with Crippen molar-refractivity contribution in [2.24, 2.45) is 5.92 Å².